The van der Waals surface area contributed by atoms with Crippen LogP contribution in [0.3, 0.4) is 0 Å². The third-order valence-electron chi connectivity index (χ3n) is 3.59. The predicted molar refractivity (Wildman–Crippen MR) is 96.8 cm³/mol. The van der Waals surface area contributed by atoms with E-state index in [2.05, 4.69) is 19.1 Å². The molecule has 0 aromatic carbocycles. The number of rotatable bonds is 14. The third-order valence-corrected chi connectivity index (χ3v) is 3.59. The molecule has 0 amide bonds. The molecule has 0 aromatic rings. The van der Waals surface area contributed by atoms with Gasteiger partial charge in [-0.3, -0.25) is 9.59 Å². The molecule has 0 aliphatic rings. The molecule has 1 atom stereocenters. The van der Waals surface area contributed by atoms with Crippen molar-refractivity contribution in [1.29, 1.82) is 0 Å². The van der Waals surface area contributed by atoms with Gasteiger partial charge in [-0.25, -0.2) is 0 Å². The van der Waals surface area contributed by atoms with Gasteiger partial charge in [0, 0.05) is 6.42 Å². The molecule has 0 radical (unpaired) electrons. The summed E-state index contributed by atoms with van der Waals surface area (Å²) in [5, 5.41) is 8.94. The number of carbonyl (C=O) groups is 2. The topological polar surface area (TPSA) is 63.6 Å². The molecule has 1 N–H and O–H groups in total. The van der Waals surface area contributed by atoms with Crippen molar-refractivity contribution in [1.82, 2.24) is 0 Å². The van der Waals surface area contributed by atoms with Crippen LogP contribution in [0.25, 0.3) is 0 Å². The van der Waals surface area contributed by atoms with Crippen LogP contribution < -0.4 is 0 Å². The average molecular weight is 343 g/mol. The standard InChI is InChI=1S/C19H35NO4/c1-5-6-7-8-9-10-11-12-13-14-19(23)24-17(15-18(21)22)16-20(2,3)4/h10-11,17H,5-9,12-16H2,1-4H3/p+1. The number of carboxylic acid groups (broad SMARTS) is 1. The van der Waals surface area contributed by atoms with Crippen molar-refractivity contribution >= 4 is 11.9 Å². The van der Waals surface area contributed by atoms with Crippen molar-refractivity contribution < 1.29 is 23.9 Å². The molecule has 24 heavy (non-hydrogen) atoms. The molecule has 0 saturated carbocycles. The maximum atomic E-state index is 11.9. The number of quaternary nitrogens is 1. The van der Waals surface area contributed by atoms with Crippen LogP contribution in [0.1, 0.15) is 64.7 Å². The van der Waals surface area contributed by atoms with Crippen molar-refractivity contribution in [3.05, 3.63) is 12.2 Å². The van der Waals surface area contributed by atoms with Crippen LogP contribution in [0.4, 0.5) is 0 Å². The van der Waals surface area contributed by atoms with Gasteiger partial charge >= 0.3 is 11.9 Å². The lowest BCUT2D eigenvalue weighted by atomic mass is 10.1. The van der Waals surface area contributed by atoms with Crippen molar-refractivity contribution in [2.75, 3.05) is 27.7 Å². The fraction of sp³-hybridized carbons (Fsp3) is 0.789. The largest absolute Gasteiger partial charge is 0.481 e. The van der Waals surface area contributed by atoms with Crippen LogP contribution >= 0.6 is 0 Å². The van der Waals surface area contributed by atoms with Gasteiger partial charge in [-0.2, -0.15) is 0 Å². The summed E-state index contributed by atoms with van der Waals surface area (Å²) in [6, 6.07) is 0. The molecule has 0 heterocycles. The molecule has 0 saturated heterocycles. The number of allylic oxidation sites excluding steroid dienone is 2. The summed E-state index contributed by atoms with van der Waals surface area (Å²) in [4.78, 5) is 22.8. The highest BCUT2D eigenvalue weighted by molar-refractivity contribution is 5.71. The Morgan fingerprint density at radius 1 is 1.04 bits per heavy atom. The Balaban J connectivity index is 3.95. The lowest BCUT2D eigenvalue weighted by molar-refractivity contribution is -0.873. The van der Waals surface area contributed by atoms with Crippen molar-refractivity contribution in [2.24, 2.45) is 0 Å². The van der Waals surface area contributed by atoms with Crippen LogP contribution in [-0.2, 0) is 14.3 Å². The highest BCUT2D eigenvalue weighted by atomic mass is 16.5. The quantitative estimate of drug-likeness (QED) is 0.226. The maximum Gasteiger partial charge on any atom is 0.307 e. The number of hydrogen-bond acceptors (Lipinski definition) is 3. The van der Waals surface area contributed by atoms with Gasteiger partial charge in [0.15, 0.2) is 6.10 Å². The Hall–Kier alpha value is -1.36. The summed E-state index contributed by atoms with van der Waals surface area (Å²) in [6.45, 7) is 2.70. The molecule has 5 nitrogen and oxygen atoms in total. The first-order chi connectivity index (χ1) is 11.2. The van der Waals surface area contributed by atoms with E-state index < -0.39 is 12.1 Å². The van der Waals surface area contributed by atoms with Gasteiger partial charge in [-0.15, -0.1) is 0 Å². The molecule has 0 aliphatic heterocycles. The highest BCUT2D eigenvalue weighted by Gasteiger charge is 2.24. The number of nitrogens with zero attached hydrogens (tertiary/aromatic N) is 1. The van der Waals surface area contributed by atoms with Crippen molar-refractivity contribution in [3.8, 4) is 0 Å². The molecule has 5 heteroatoms. The summed E-state index contributed by atoms with van der Waals surface area (Å²) < 4.78 is 5.91. The second-order valence-corrected chi connectivity index (χ2v) is 7.40. The van der Waals surface area contributed by atoms with Crippen LogP contribution in [-0.4, -0.2) is 55.3 Å². The van der Waals surface area contributed by atoms with E-state index in [-0.39, 0.29) is 12.4 Å². The number of carboxylic acids is 1. The molecule has 1 unspecified atom stereocenters. The van der Waals surface area contributed by atoms with Crippen LogP contribution in [0.15, 0.2) is 12.2 Å². The van der Waals surface area contributed by atoms with E-state index in [1.165, 1.54) is 25.7 Å². The van der Waals surface area contributed by atoms with E-state index in [1.807, 2.05) is 21.1 Å². The number of esters is 1. The molecule has 0 bridgehead atoms. The number of carbonyl (C=O) groups excluding carboxylic acids is 1. The van der Waals surface area contributed by atoms with Crippen LogP contribution in [0, 0.1) is 0 Å². The summed E-state index contributed by atoms with van der Waals surface area (Å²) in [7, 11) is 5.86. The van der Waals surface area contributed by atoms with Gasteiger partial charge in [0.2, 0.25) is 0 Å². The van der Waals surface area contributed by atoms with Crippen molar-refractivity contribution in [3.63, 3.8) is 0 Å². The number of likely N-dealkylation sites (N-methyl/N-ethyl adjacent to an activating group) is 1. The molecule has 0 spiro atoms. The SMILES string of the molecule is CCCCCCC=CCCCC(=O)OC(CC(=O)O)C[N+](C)(C)C. The summed E-state index contributed by atoms with van der Waals surface area (Å²) in [5.74, 6) is -1.24. The van der Waals surface area contributed by atoms with E-state index in [1.54, 1.807) is 0 Å². The smallest absolute Gasteiger partial charge is 0.307 e. The minimum absolute atomic E-state index is 0.140. The lowest BCUT2D eigenvalue weighted by Crippen LogP contribution is -2.43. The molecule has 0 aromatic heterocycles. The Bertz CT molecular complexity index is 385. The van der Waals surface area contributed by atoms with Gasteiger partial charge in [-0.05, 0) is 25.7 Å². The molecule has 0 rings (SSSR count). The molecule has 140 valence electrons. The summed E-state index contributed by atoms with van der Waals surface area (Å²) in [5.41, 5.74) is 0. The zero-order valence-corrected chi connectivity index (χ0v) is 15.9. The number of aliphatic carboxylic acids is 1. The number of hydrogen-bond donors (Lipinski definition) is 1. The summed E-state index contributed by atoms with van der Waals surface area (Å²) in [6.07, 6.45) is 11.7. The van der Waals surface area contributed by atoms with Crippen LogP contribution in [0.2, 0.25) is 0 Å². The van der Waals surface area contributed by atoms with E-state index >= 15 is 0 Å². The minimum Gasteiger partial charge on any atom is -0.481 e. The van der Waals surface area contributed by atoms with E-state index in [0.29, 0.717) is 17.4 Å². The molecular formula is C19H36NO4+. The van der Waals surface area contributed by atoms with Gasteiger partial charge in [0.05, 0.1) is 27.6 Å². The van der Waals surface area contributed by atoms with E-state index in [9.17, 15) is 9.59 Å². The molecule has 0 aliphatic carbocycles. The second kappa shape index (κ2) is 13.0. The van der Waals surface area contributed by atoms with E-state index in [4.69, 9.17) is 9.84 Å². The lowest BCUT2D eigenvalue weighted by Gasteiger charge is -2.28. The molecule has 0 fully saturated rings. The average Bonchev–Trinajstić information content (AvgIpc) is 2.42. The fourth-order valence-electron chi connectivity index (χ4n) is 2.48. The van der Waals surface area contributed by atoms with E-state index in [0.717, 1.165) is 19.3 Å². The fourth-order valence-corrected chi connectivity index (χ4v) is 2.48. The second-order valence-electron chi connectivity index (χ2n) is 7.40. The normalized spacial score (nSPS) is 13.2. The summed E-state index contributed by atoms with van der Waals surface area (Å²) >= 11 is 0. The van der Waals surface area contributed by atoms with Gasteiger partial charge < -0.3 is 14.3 Å². The van der Waals surface area contributed by atoms with Crippen LogP contribution in [0.5, 0.6) is 0 Å². The number of unbranched alkanes of at least 4 members (excludes halogenated alkanes) is 5. The first-order valence-corrected chi connectivity index (χ1v) is 9.11. The Morgan fingerprint density at radius 2 is 1.67 bits per heavy atom. The minimum atomic E-state index is -0.938. The Morgan fingerprint density at radius 3 is 2.21 bits per heavy atom. The predicted octanol–water partition coefficient (Wildman–Crippen LogP) is 3.78. The zero-order valence-electron chi connectivity index (χ0n) is 15.9. The van der Waals surface area contributed by atoms with Gasteiger partial charge in [-0.1, -0.05) is 38.3 Å². The first kappa shape index (κ1) is 22.6. The van der Waals surface area contributed by atoms with Gasteiger partial charge in [0.1, 0.15) is 6.54 Å². The number of ether oxygens (including phenoxy) is 1. The zero-order chi connectivity index (χ0) is 18.4. The first-order valence-electron chi connectivity index (χ1n) is 9.11. The Kier molecular flexibility index (Phi) is 12.3. The van der Waals surface area contributed by atoms with Crippen molar-refractivity contribution in [2.45, 2.75) is 70.8 Å². The molecular weight excluding hydrogens is 306 g/mol. The third kappa shape index (κ3) is 15.5. The Labute approximate surface area is 147 Å². The highest BCUT2D eigenvalue weighted by Crippen LogP contribution is 2.09. The van der Waals surface area contributed by atoms with Gasteiger partial charge in [0.25, 0.3) is 0 Å². The maximum absolute atomic E-state index is 11.9. The monoisotopic (exact) mass is 342 g/mol.